The molecule has 0 radical (unpaired) electrons. The van der Waals surface area contributed by atoms with Crippen LogP contribution in [0.5, 0.6) is 0 Å². The van der Waals surface area contributed by atoms with Crippen LogP contribution in [0.25, 0.3) is 66.5 Å². The molecule has 12 rings (SSSR count). The van der Waals surface area contributed by atoms with Gasteiger partial charge in [0.25, 0.3) is 0 Å². The number of fused-ring (bicyclic) bond motifs is 11. The van der Waals surface area contributed by atoms with Crippen LogP contribution in [0.15, 0.2) is 170 Å². The fraction of sp³-hybridized carbons (Fsp3) is 0.143. The van der Waals surface area contributed by atoms with E-state index in [4.69, 9.17) is 20.2 Å². The smallest absolute Gasteiger partial charge is 0.171 e. The maximum atomic E-state index is 5.49. The molecule has 1 aliphatic rings. The van der Waals surface area contributed by atoms with Gasteiger partial charge in [0.05, 0.1) is 27.5 Å². The molecule has 0 saturated heterocycles. The predicted molar refractivity (Wildman–Crippen MR) is 253 cm³/mol. The molecular formula is C56H44N6. The van der Waals surface area contributed by atoms with E-state index >= 15 is 0 Å². The van der Waals surface area contributed by atoms with E-state index in [-0.39, 0.29) is 5.41 Å². The molecular weight excluding hydrogens is 757 g/mol. The zero-order chi connectivity index (χ0) is 41.9. The molecule has 62 heavy (non-hydrogen) atoms. The van der Waals surface area contributed by atoms with Crippen LogP contribution in [0.1, 0.15) is 78.1 Å². The summed E-state index contributed by atoms with van der Waals surface area (Å²) in [5, 5.41) is 14.5. The maximum absolute atomic E-state index is 5.49. The van der Waals surface area contributed by atoms with Crippen LogP contribution < -0.4 is 0 Å². The van der Waals surface area contributed by atoms with Crippen molar-refractivity contribution in [3.05, 3.63) is 215 Å². The maximum Gasteiger partial charge on any atom is 0.171 e. The summed E-state index contributed by atoms with van der Waals surface area (Å²) in [4.78, 5) is 10.6. The summed E-state index contributed by atoms with van der Waals surface area (Å²) < 4.78 is 4.67. The van der Waals surface area contributed by atoms with E-state index in [1.54, 1.807) is 0 Å². The first-order valence-electron chi connectivity index (χ1n) is 21.6. The number of nitrogens with zero attached hydrogens (tertiary/aromatic N) is 6. The lowest BCUT2D eigenvalue weighted by atomic mass is 9.65. The second-order valence-corrected chi connectivity index (χ2v) is 17.8. The number of hydrogen-bond acceptors (Lipinski definition) is 4. The van der Waals surface area contributed by atoms with Gasteiger partial charge in [-0.25, -0.2) is 4.98 Å². The van der Waals surface area contributed by atoms with E-state index in [9.17, 15) is 0 Å². The van der Waals surface area contributed by atoms with Crippen molar-refractivity contribution in [1.29, 1.82) is 0 Å². The van der Waals surface area contributed by atoms with Crippen LogP contribution in [-0.4, -0.2) is 29.1 Å². The molecule has 298 valence electrons. The highest BCUT2D eigenvalue weighted by Gasteiger charge is 2.41. The molecule has 1 aliphatic heterocycles. The number of benzene rings is 6. The molecule has 0 N–H and O–H groups in total. The molecule has 0 atom stereocenters. The number of rotatable bonds is 6. The first-order valence-corrected chi connectivity index (χ1v) is 21.6. The number of aromatic nitrogens is 6. The number of aryl methyl sites for hydroxylation is 1. The lowest BCUT2D eigenvalue weighted by Gasteiger charge is -2.37. The Morgan fingerprint density at radius 2 is 1.31 bits per heavy atom. The van der Waals surface area contributed by atoms with Crippen molar-refractivity contribution in [2.75, 3.05) is 0 Å². The summed E-state index contributed by atoms with van der Waals surface area (Å²) in [5.74, 6) is 2.13. The van der Waals surface area contributed by atoms with Crippen molar-refractivity contribution in [1.82, 2.24) is 29.1 Å². The lowest BCUT2D eigenvalue weighted by Crippen LogP contribution is -2.31. The van der Waals surface area contributed by atoms with E-state index in [0.717, 1.165) is 78.0 Å². The zero-order valence-electron chi connectivity index (χ0n) is 35.4. The van der Waals surface area contributed by atoms with E-state index in [0.29, 0.717) is 5.92 Å². The molecule has 6 nitrogen and oxygen atoms in total. The lowest BCUT2D eigenvalue weighted by molar-refractivity contribution is 0.624. The Hall–Kier alpha value is -7.44. The van der Waals surface area contributed by atoms with E-state index in [2.05, 4.69) is 208 Å². The van der Waals surface area contributed by atoms with E-state index in [1.807, 2.05) is 6.20 Å². The SMILES string of the molecule is Cc1cccc2c1c1ncc(C(c3ccccc3)(c3ccccc3)c3ccc4c5cccc6c5n(c4c3)-c3ncccc3C6(C)C)cc1c1nnc(-c3ccccc3C(C)C)n21. The second kappa shape index (κ2) is 13.3. The minimum Gasteiger partial charge on any atom is -0.293 e. The van der Waals surface area contributed by atoms with Crippen molar-refractivity contribution in [3.8, 4) is 17.2 Å². The van der Waals surface area contributed by atoms with Crippen molar-refractivity contribution in [2.24, 2.45) is 0 Å². The Morgan fingerprint density at radius 1 is 0.581 bits per heavy atom. The van der Waals surface area contributed by atoms with Gasteiger partial charge in [-0.05, 0) is 76.1 Å². The summed E-state index contributed by atoms with van der Waals surface area (Å²) in [6, 6.07) is 57.4. The third-order valence-corrected chi connectivity index (χ3v) is 13.8. The molecule has 5 aromatic heterocycles. The Morgan fingerprint density at radius 3 is 2.08 bits per heavy atom. The molecule has 0 saturated carbocycles. The van der Waals surface area contributed by atoms with Gasteiger partial charge in [0.1, 0.15) is 5.82 Å². The molecule has 0 amide bonds. The molecule has 0 spiro atoms. The monoisotopic (exact) mass is 800 g/mol. The van der Waals surface area contributed by atoms with Crippen LogP contribution in [0.3, 0.4) is 0 Å². The molecule has 6 heterocycles. The first kappa shape index (κ1) is 36.4. The molecule has 0 aliphatic carbocycles. The average Bonchev–Trinajstić information content (AvgIpc) is 3.90. The van der Waals surface area contributed by atoms with Gasteiger partial charge in [-0.2, -0.15) is 0 Å². The van der Waals surface area contributed by atoms with Gasteiger partial charge in [0.15, 0.2) is 11.5 Å². The van der Waals surface area contributed by atoms with E-state index in [1.165, 1.54) is 33.0 Å². The number of hydrogen-bond donors (Lipinski definition) is 0. The van der Waals surface area contributed by atoms with Crippen LogP contribution in [0, 0.1) is 6.92 Å². The van der Waals surface area contributed by atoms with Gasteiger partial charge in [-0.15, -0.1) is 10.2 Å². The van der Waals surface area contributed by atoms with E-state index < -0.39 is 5.41 Å². The molecule has 6 heteroatoms. The van der Waals surface area contributed by atoms with Crippen LogP contribution >= 0.6 is 0 Å². The van der Waals surface area contributed by atoms with Crippen LogP contribution in [0.4, 0.5) is 0 Å². The van der Waals surface area contributed by atoms with Crippen LogP contribution in [0.2, 0.25) is 0 Å². The minimum atomic E-state index is -0.789. The number of pyridine rings is 3. The van der Waals surface area contributed by atoms with Crippen molar-refractivity contribution < 1.29 is 0 Å². The Bertz CT molecular complexity index is 3560. The summed E-state index contributed by atoms with van der Waals surface area (Å²) in [5.41, 5.74) is 14.5. The molecule has 0 fully saturated rings. The summed E-state index contributed by atoms with van der Waals surface area (Å²) >= 11 is 0. The molecule has 0 unspecified atom stereocenters. The Labute approximate surface area is 360 Å². The number of para-hydroxylation sites is 1. The van der Waals surface area contributed by atoms with Crippen molar-refractivity contribution in [2.45, 2.75) is 51.4 Å². The summed E-state index contributed by atoms with van der Waals surface area (Å²) in [7, 11) is 0. The molecule has 6 aromatic carbocycles. The standard InChI is InChI=1S/C56H44N6/c1-34(2)40-22-12-13-23-43(40)52-59-60-53-44-31-39(33-58-50(44)49-35(3)17-14-27-47(49)62(52)53)56(36-18-8-6-9-19-36,37-20-10-7-11-21-37)38-28-29-41-42-24-15-25-45-51(42)61(48(41)32-38)54-46(55(45,4)5)26-16-30-57-54/h6-34H,1-5H3. The summed E-state index contributed by atoms with van der Waals surface area (Å²) in [6.45, 7) is 11.3. The predicted octanol–water partition coefficient (Wildman–Crippen LogP) is 13.0. The van der Waals surface area contributed by atoms with Crippen LogP contribution in [-0.2, 0) is 10.8 Å². The Balaban J connectivity index is 1.22. The van der Waals surface area contributed by atoms with Gasteiger partial charge in [0.2, 0.25) is 0 Å². The zero-order valence-corrected chi connectivity index (χ0v) is 35.4. The van der Waals surface area contributed by atoms with Crippen molar-refractivity contribution >= 4 is 49.3 Å². The third kappa shape index (κ3) is 4.86. The highest BCUT2D eigenvalue weighted by molar-refractivity contribution is 6.13. The fourth-order valence-corrected chi connectivity index (χ4v) is 10.9. The quantitative estimate of drug-likeness (QED) is 0.124. The van der Waals surface area contributed by atoms with Gasteiger partial charge in [-0.1, -0.05) is 161 Å². The normalized spacial score (nSPS) is 13.5. The minimum absolute atomic E-state index is 0.211. The highest BCUT2D eigenvalue weighted by atomic mass is 15.3. The van der Waals surface area contributed by atoms with Gasteiger partial charge >= 0.3 is 0 Å². The topological polar surface area (TPSA) is 60.9 Å². The second-order valence-electron chi connectivity index (χ2n) is 17.8. The average molecular weight is 801 g/mol. The van der Waals surface area contributed by atoms with Gasteiger partial charge < -0.3 is 0 Å². The largest absolute Gasteiger partial charge is 0.293 e. The third-order valence-electron chi connectivity index (χ3n) is 13.8. The van der Waals surface area contributed by atoms with Gasteiger partial charge in [0, 0.05) is 50.5 Å². The first-order chi connectivity index (χ1) is 30.3. The fourth-order valence-electron chi connectivity index (χ4n) is 10.9. The molecule has 0 bridgehead atoms. The molecule has 11 aromatic rings. The summed E-state index contributed by atoms with van der Waals surface area (Å²) in [6.07, 6.45) is 4.03. The van der Waals surface area contributed by atoms with Crippen molar-refractivity contribution in [3.63, 3.8) is 0 Å². The van der Waals surface area contributed by atoms with Gasteiger partial charge in [-0.3, -0.25) is 14.0 Å². The Kier molecular flexibility index (Phi) is 7.80. The highest BCUT2D eigenvalue weighted by Crippen LogP contribution is 2.50.